The van der Waals surface area contributed by atoms with E-state index in [1.807, 2.05) is 27.8 Å². The number of fused-ring (bicyclic) bond motifs is 1. The molecule has 3 heterocycles. The van der Waals surface area contributed by atoms with Crippen LogP contribution < -0.4 is 0 Å². The van der Waals surface area contributed by atoms with E-state index < -0.39 is 0 Å². The molecule has 1 aliphatic rings. The Bertz CT molecular complexity index is 726. The lowest BCUT2D eigenvalue weighted by molar-refractivity contribution is -0.130. The Hall–Kier alpha value is -1.84. The Morgan fingerprint density at radius 3 is 2.79 bits per heavy atom. The summed E-state index contributed by atoms with van der Waals surface area (Å²) in [6, 6.07) is 4.06. The molecule has 1 amide bonds. The summed E-state index contributed by atoms with van der Waals surface area (Å²) in [5, 5.41) is 0. The number of carbonyl (C=O) groups excluding carboxylic acids is 1. The van der Waals surface area contributed by atoms with Gasteiger partial charge < -0.3 is 9.30 Å². The highest BCUT2D eigenvalue weighted by Gasteiger charge is 2.28. The third-order valence-corrected chi connectivity index (χ3v) is 5.37. The Morgan fingerprint density at radius 1 is 1.29 bits per heavy atom. The van der Waals surface area contributed by atoms with Crippen LogP contribution in [0.15, 0.2) is 24.5 Å². The molecule has 3 rings (SSSR count). The van der Waals surface area contributed by atoms with Crippen molar-refractivity contribution >= 4 is 11.6 Å². The first-order chi connectivity index (χ1) is 11.3. The normalized spacial score (nSPS) is 19.5. The zero-order valence-electron chi connectivity index (χ0n) is 15.4. The Labute approximate surface area is 144 Å². The number of nitrogens with zero attached hydrogens (tertiary/aromatic N) is 3. The van der Waals surface area contributed by atoms with Gasteiger partial charge >= 0.3 is 0 Å². The van der Waals surface area contributed by atoms with E-state index in [2.05, 4.69) is 38.7 Å². The van der Waals surface area contributed by atoms with Crippen LogP contribution in [-0.4, -0.2) is 33.3 Å². The fourth-order valence-corrected chi connectivity index (χ4v) is 3.77. The molecule has 2 aromatic rings. The van der Waals surface area contributed by atoms with Crippen LogP contribution in [0, 0.1) is 18.3 Å². The van der Waals surface area contributed by atoms with Crippen molar-refractivity contribution in [1.82, 2.24) is 14.3 Å². The van der Waals surface area contributed by atoms with Crippen molar-refractivity contribution in [2.75, 3.05) is 13.1 Å². The minimum atomic E-state index is 0.214. The van der Waals surface area contributed by atoms with Crippen LogP contribution in [0.2, 0.25) is 0 Å². The molecule has 0 spiro atoms. The van der Waals surface area contributed by atoms with Gasteiger partial charge in [0.1, 0.15) is 5.65 Å². The first kappa shape index (κ1) is 17.0. The molecular formula is C20H29N3O. The van der Waals surface area contributed by atoms with E-state index in [0.717, 1.165) is 42.8 Å². The van der Waals surface area contributed by atoms with Gasteiger partial charge in [-0.15, -0.1) is 0 Å². The average Bonchev–Trinajstić information content (AvgIpc) is 2.75. The van der Waals surface area contributed by atoms with Crippen molar-refractivity contribution in [3.8, 4) is 0 Å². The standard InChI is InChI=1S/C20H29N3O/c1-15-7-5-11-23-14-17(21-19(15)23)13-18(24)22-10-6-8-16(9-12-22)20(2,3)4/h5,7,11,14,16H,6,8-10,12-13H2,1-4H3. The van der Waals surface area contributed by atoms with Gasteiger partial charge in [0.05, 0.1) is 12.1 Å². The van der Waals surface area contributed by atoms with Crippen molar-refractivity contribution in [2.24, 2.45) is 11.3 Å². The Kier molecular flexibility index (Phi) is 4.66. The van der Waals surface area contributed by atoms with Gasteiger partial charge in [0, 0.05) is 25.5 Å². The smallest absolute Gasteiger partial charge is 0.228 e. The number of likely N-dealkylation sites (tertiary alicyclic amines) is 1. The van der Waals surface area contributed by atoms with E-state index in [0.29, 0.717) is 17.8 Å². The van der Waals surface area contributed by atoms with E-state index in [9.17, 15) is 4.79 Å². The first-order valence-corrected chi connectivity index (χ1v) is 9.05. The van der Waals surface area contributed by atoms with Gasteiger partial charge in [0.25, 0.3) is 0 Å². The number of hydrogen-bond acceptors (Lipinski definition) is 2. The highest BCUT2D eigenvalue weighted by molar-refractivity contribution is 5.78. The minimum Gasteiger partial charge on any atom is -0.342 e. The van der Waals surface area contributed by atoms with E-state index >= 15 is 0 Å². The number of carbonyl (C=O) groups is 1. The molecular weight excluding hydrogens is 298 g/mol. The van der Waals surface area contributed by atoms with E-state index in [1.165, 1.54) is 6.42 Å². The molecule has 4 nitrogen and oxygen atoms in total. The molecule has 0 N–H and O–H groups in total. The lowest BCUT2D eigenvalue weighted by atomic mass is 9.77. The van der Waals surface area contributed by atoms with Crippen LogP contribution in [-0.2, 0) is 11.2 Å². The van der Waals surface area contributed by atoms with Gasteiger partial charge in [-0.2, -0.15) is 0 Å². The zero-order chi connectivity index (χ0) is 17.3. The summed E-state index contributed by atoms with van der Waals surface area (Å²) in [5.41, 5.74) is 3.28. The van der Waals surface area contributed by atoms with E-state index in [4.69, 9.17) is 0 Å². The largest absolute Gasteiger partial charge is 0.342 e. The topological polar surface area (TPSA) is 37.6 Å². The number of pyridine rings is 1. The van der Waals surface area contributed by atoms with Crippen LogP contribution in [0.4, 0.5) is 0 Å². The van der Waals surface area contributed by atoms with Crippen molar-refractivity contribution in [1.29, 1.82) is 0 Å². The van der Waals surface area contributed by atoms with Gasteiger partial charge in [-0.1, -0.05) is 26.8 Å². The molecule has 1 saturated heterocycles. The molecule has 2 aromatic heterocycles. The zero-order valence-corrected chi connectivity index (χ0v) is 15.4. The lowest BCUT2D eigenvalue weighted by Gasteiger charge is -2.29. The van der Waals surface area contributed by atoms with Gasteiger partial charge in [0.15, 0.2) is 0 Å². The predicted octanol–water partition coefficient (Wildman–Crippen LogP) is 3.86. The van der Waals surface area contributed by atoms with Crippen LogP contribution >= 0.6 is 0 Å². The van der Waals surface area contributed by atoms with Crippen LogP contribution in [0.3, 0.4) is 0 Å². The highest BCUT2D eigenvalue weighted by atomic mass is 16.2. The molecule has 0 aliphatic carbocycles. The van der Waals surface area contributed by atoms with Crippen LogP contribution in [0.5, 0.6) is 0 Å². The Morgan fingerprint density at radius 2 is 2.08 bits per heavy atom. The third-order valence-electron chi connectivity index (χ3n) is 5.37. The van der Waals surface area contributed by atoms with Crippen molar-refractivity contribution < 1.29 is 4.79 Å². The second-order valence-corrected chi connectivity index (χ2v) is 8.21. The third kappa shape index (κ3) is 3.63. The van der Waals surface area contributed by atoms with Gasteiger partial charge in [-0.05, 0) is 49.1 Å². The van der Waals surface area contributed by atoms with Crippen molar-refractivity contribution in [2.45, 2.75) is 53.4 Å². The highest BCUT2D eigenvalue weighted by Crippen LogP contribution is 2.34. The summed E-state index contributed by atoms with van der Waals surface area (Å²) in [5.74, 6) is 0.916. The molecule has 0 radical (unpaired) electrons. The number of imidazole rings is 1. The molecule has 0 aromatic carbocycles. The first-order valence-electron chi connectivity index (χ1n) is 9.05. The number of aryl methyl sites for hydroxylation is 1. The Balaban J connectivity index is 1.67. The summed E-state index contributed by atoms with van der Waals surface area (Å²) in [7, 11) is 0. The van der Waals surface area contributed by atoms with Crippen LogP contribution in [0.25, 0.3) is 5.65 Å². The molecule has 1 atom stereocenters. The number of hydrogen-bond donors (Lipinski definition) is 0. The molecule has 1 fully saturated rings. The van der Waals surface area contributed by atoms with Crippen molar-refractivity contribution in [3.05, 3.63) is 35.8 Å². The van der Waals surface area contributed by atoms with Gasteiger partial charge in [0.2, 0.25) is 5.91 Å². The second-order valence-electron chi connectivity index (χ2n) is 8.21. The average molecular weight is 327 g/mol. The molecule has 0 bridgehead atoms. The van der Waals surface area contributed by atoms with Crippen molar-refractivity contribution in [3.63, 3.8) is 0 Å². The number of rotatable bonds is 2. The molecule has 1 aliphatic heterocycles. The van der Waals surface area contributed by atoms with E-state index in [-0.39, 0.29) is 5.91 Å². The van der Waals surface area contributed by atoms with E-state index in [1.54, 1.807) is 0 Å². The fraction of sp³-hybridized carbons (Fsp3) is 0.600. The lowest BCUT2D eigenvalue weighted by Crippen LogP contribution is -2.33. The fourth-order valence-electron chi connectivity index (χ4n) is 3.77. The summed E-state index contributed by atoms with van der Waals surface area (Å²) in [6.45, 7) is 10.8. The molecule has 0 saturated carbocycles. The van der Waals surface area contributed by atoms with Crippen LogP contribution in [0.1, 0.15) is 51.3 Å². The van der Waals surface area contributed by atoms with Gasteiger partial charge in [-0.3, -0.25) is 4.79 Å². The molecule has 4 heteroatoms. The summed E-state index contributed by atoms with van der Waals surface area (Å²) in [4.78, 5) is 19.4. The summed E-state index contributed by atoms with van der Waals surface area (Å²) < 4.78 is 2.01. The molecule has 1 unspecified atom stereocenters. The maximum absolute atomic E-state index is 12.7. The monoisotopic (exact) mass is 327 g/mol. The maximum Gasteiger partial charge on any atom is 0.228 e. The molecule has 130 valence electrons. The quantitative estimate of drug-likeness (QED) is 0.840. The number of amides is 1. The summed E-state index contributed by atoms with van der Waals surface area (Å²) >= 11 is 0. The maximum atomic E-state index is 12.7. The summed E-state index contributed by atoms with van der Waals surface area (Å²) in [6.07, 6.45) is 7.82. The van der Waals surface area contributed by atoms with Gasteiger partial charge in [-0.25, -0.2) is 4.98 Å². The molecule has 24 heavy (non-hydrogen) atoms. The SMILES string of the molecule is Cc1cccn2cc(CC(=O)N3CCCC(C(C)(C)C)CC3)nc12. The predicted molar refractivity (Wildman–Crippen MR) is 97.0 cm³/mol. The second kappa shape index (κ2) is 6.58. The number of aromatic nitrogens is 2. The minimum absolute atomic E-state index is 0.214.